The summed E-state index contributed by atoms with van der Waals surface area (Å²) in [5.74, 6) is 1.64. The molecule has 0 unspecified atom stereocenters. The van der Waals surface area contributed by atoms with Gasteiger partial charge in [0.1, 0.15) is 5.75 Å². The second-order valence-corrected chi connectivity index (χ2v) is 5.13. The first-order chi connectivity index (χ1) is 10.7. The molecular formula is C19H30O2S. The molecule has 1 aliphatic rings. The van der Waals surface area contributed by atoms with Gasteiger partial charge in [0.25, 0.3) is 0 Å². The first-order valence-electron chi connectivity index (χ1n) is 7.79. The maximum atomic E-state index is 5.54. The molecule has 0 aromatic heterocycles. The largest absolute Gasteiger partial charge is 0.497 e. The Balaban J connectivity index is 0.000000519. The van der Waals surface area contributed by atoms with Crippen LogP contribution >= 0.6 is 12.6 Å². The molecule has 0 N–H and O–H groups in total. The van der Waals surface area contributed by atoms with Crippen LogP contribution in [-0.4, -0.2) is 25.6 Å². The number of methoxy groups -OCH3 is 1. The van der Waals surface area contributed by atoms with Crippen LogP contribution in [0.4, 0.5) is 0 Å². The van der Waals surface area contributed by atoms with Gasteiger partial charge in [-0.05, 0) is 50.8 Å². The SMILES string of the molecule is C1=CCC1.C=CC.CCO[C@@H](CS)Cc1ccc(OC)cc1. The van der Waals surface area contributed by atoms with Crippen molar-refractivity contribution in [1.29, 1.82) is 0 Å². The van der Waals surface area contributed by atoms with Gasteiger partial charge in [-0.2, -0.15) is 12.6 Å². The summed E-state index contributed by atoms with van der Waals surface area (Å²) in [6.45, 7) is 7.99. The van der Waals surface area contributed by atoms with Gasteiger partial charge in [-0.15, -0.1) is 6.58 Å². The van der Waals surface area contributed by atoms with E-state index in [2.05, 4.69) is 43.5 Å². The Labute approximate surface area is 141 Å². The van der Waals surface area contributed by atoms with E-state index in [1.807, 2.05) is 26.0 Å². The van der Waals surface area contributed by atoms with E-state index in [9.17, 15) is 0 Å². The first kappa shape index (κ1) is 20.8. The summed E-state index contributed by atoms with van der Waals surface area (Å²) in [7, 11) is 1.67. The average molecular weight is 323 g/mol. The topological polar surface area (TPSA) is 18.5 Å². The van der Waals surface area contributed by atoms with Gasteiger partial charge in [-0.1, -0.05) is 30.4 Å². The van der Waals surface area contributed by atoms with E-state index in [0.717, 1.165) is 24.5 Å². The molecule has 2 nitrogen and oxygen atoms in total. The lowest BCUT2D eigenvalue weighted by Crippen LogP contribution is -2.17. The molecule has 1 aliphatic carbocycles. The van der Waals surface area contributed by atoms with E-state index in [4.69, 9.17) is 9.47 Å². The number of benzene rings is 1. The van der Waals surface area contributed by atoms with Crippen LogP contribution in [0.25, 0.3) is 0 Å². The number of ether oxygens (including phenoxy) is 2. The maximum Gasteiger partial charge on any atom is 0.118 e. The van der Waals surface area contributed by atoms with Crippen LogP contribution in [0.5, 0.6) is 5.75 Å². The molecule has 0 bridgehead atoms. The van der Waals surface area contributed by atoms with Crippen LogP contribution in [0.3, 0.4) is 0 Å². The number of hydrogen-bond donors (Lipinski definition) is 1. The monoisotopic (exact) mass is 322 g/mol. The van der Waals surface area contributed by atoms with Crippen molar-refractivity contribution in [1.82, 2.24) is 0 Å². The van der Waals surface area contributed by atoms with Crippen LogP contribution in [0, 0.1) is 0 Å². The molecule has 0 saturated carbocycles. The molecule has 22 heavy (non-hydrogen) atoms. The van der Waals surface area contributed by atoms with Gasteiger partial charge in [-0.25, -0.2) is 0 Å². The minimum atomic E-state index is 0.201. The summed E-state index contributed by atoms with van der Waals surface area (Å²) in [4.78, 5) is 0. The molecule has 0 amide bonds. The summed E-state index contributed by atoms with van der Waals surface area (Å²) in [6.07, 6.45) is 9.85. The van der Waals surface area contributed by atoms with E-state index in [-0.39, 0.29) is 6.10 Å². The van der Waals surface area contributed by atoms with Crippen molar-refractivity contribution >= 4 is 12.6 Å². The Bertz CT molecular complexity index is 392. The third kappa shape index (κ3) is 10.5. The smallest absolute Gasteiger partial charge is 0.118 e. The second kappa shape index (κ2) is 14.7. The predicted octanol–water partition coefficient (Wildman–Crippen LogP) is 5.10. The van der Waals surface area contributed by atoms with Crippen LogP contribution in [-0.2, 0) is 11.2 Å². The van der Waals surface area contributed by atoms with Crippen molar-refractivity contribution in [2.75, 3.05) is 19.5 Å². The first-order valence-corrected chi connectivity index (χ1v) is 8.42. The quantitative estimate of drug-likeness (QED) is 0.580. The molecule has 1 aromatic carbocycles. The zero-order valence-electron chi connectivity index (χ0n) is 14.1. The standard InChI is InChI=1S/C12H18O2S.C4H6.C3H6/c1-3-14-12(9-15)8-10-4-6-11(13-2)7-5-10;1-2-4-3-1;1-3-2/h4-7,12,15H,3,8-9H2,1-2H3;1-2H,3-4H2;3H,1H2,2H3/t12-;;/m1../s1. The lowest BCUT2D eigenvalue weighted by atomic mass is 10.1. The Morgan fingerprint density at radius 3 is 2.05 bits per heavy atom. The molecule has 124 valence electrons. The van der Waals surface area contributed by atoms with Crippen LogP contribution in [0.1, 0.15) is 32.3 Å². The van der Waals surface area contributed by atoms with Gasteiger partial charge in [0.2, 0.25) is 0 Å². The van der Waals surface area contributed by atoms with Crippen LogP contribution in [0.2, 0.25) is 0 Å². The summed E-state index contributed by atoms with van der Waals surface area (Å²) in [6, 6.07) is 8.07. The molecule has 3 heteroatoms. The van der Waals surface area contributed by atoms with E-state index in [1.54, 1.807) is 13.2 Å². The van der Waals surface area contributed by atoms with E-state index in [0.29, 0.717) is 0 Å². The van der Waals surface area contributed by atoms with Crippen molar-refractivity contribution in [2.24, 2.45) is 0 Å². The van der Waals surface area contributed by atoms with Crippen molar-refractivity contribution in [3.8, 4) is 5.75 Å². The normalized spacial score (nSPS) is 12.7. The number of rotatable bonds is 6. The third-order valence-electron chi connectivity index (χ3n) is 2.90. The fourth-order valence-corrected chi connectivity index (χ4v) is 1.84. The lowest BCUT2D eigenvalue weighted by molar-refractivity contribution is 0.0804. The zero-order valence-corrected chi connectivity index (χ0v) is 15.0. The Kier molecular flexibility index (Phi) is 13.9. The van der Waals surface area contributed by atoms with Gasteiger partial charge >= 0.3 is 0 Å². The molecular weight excluding hydrogens is 292 g/mol. The molecule has 0 spiro atoms. The third-order valence-corrected chi connectivity index (χ3v) is 3.30. The summed E-state index contributed by atoms with van der Waals surface area (Å²) in [5, 5.41) is 0. The Morgan fingerprint density at radius 1 is 1.23 bits per heavy atom. The Hall–Kier alpha value is -1.19. The van der Waals surface area contributed by atoms with Gasteiger partial charge < -0.3 is 9.47 Å². The fraction of sp³-hybridized carbons (Fsp3) is 0.474. The highest BCUT2D eigenvalue weighted by molar-refractivity contribution is 7.80. The average Bonchev–Trinajstić information content (AvgIpc) is 2.46. The van der Waals surface area contributed by atoms with Crippen LogP contribution < -0.4 is 4.74 Å². The Morgan fingerprint density at radius 2 is 1.73 bits per heavy atom. The summed E-state index contributed by atoms with van der Waals surface area (Å²) >= 11 is 4.27. The number of allylic oxidation sites excluding steroid dienone is 3. The predicted molar refractivity (Wildman–Crippen MR) is 100 cm³/mol. The van der Waals surface area contributed by atoms with Gasteiger partial charge in [0, 0.05) is 12.4 Å². The highest BCUT2D eigenvalue weighted by atomic mass is 32.1. The maximum absolute atomic E-state index is 5.54. The molecule has 1 atom stereocenters. The van der Waals surface area contributed by atoms with Crippen molar-refractivity contribution in [3.63, 3.8) is 0 Å². The molecule has 0 aliphatic heterocycles. The van der Waals surface area contributed by atoms with E-state index < -0.39 is 0 Å². The minimum absolute atomic E-state index is 0.201. The molecule has 0 saturated heterocycles. The molecule has 0 heterocycles. The van der Waals surface area contributed by atoms with Gasteiger partial charge in [-0.3, -0.25) is 0 Å². The van der Waals surface area contributed by atoms with Crippen molar-refractivity contribution in [2.45, 2.75) is 39.2 Å². The molecule has 2 rings (SSSR count). The lowest BCUT2D eigenvalue weighted by Gasteiger charge is -2.14. The van der Waals surface area contributed by atoms with E-state index in [1.165, 1.54) is 18.4 Å². The minimum Gasteiger partial charge on any atom is -0.497 e. The fourth-order valence-electron chi connectivity index (χ4n) is 1.60. The number of hydrogen-bond acceptors (Lipinski definition) is 3. The summed E-state index contributed by atoms with van der Waals surface area (Å²) < 4.78 is 10.6. The highest BCUT2D eigenvalue weighted by Gasteiger charge is 2.07. The highest BCUT2D eigenvalue weighted by Crippen LogP contribution is 2.14. The van der Waals surface area contributed by atoms with Crippen molar-refractivity contribution in [3.05, 3.63) is 54.6 Å². The van der Waals surface area contributed by atoms with Crippen LogP contribution in [0.15, 0.2) is 49.1 Å². The second-order valence-electron chi connectivity index (χ2n) is 4.77. The number of thiol groups is 1. The molecule has 0 radical (unpaired) electrons. The molecule has 1 aromatic rings. The summed E-state index contributed by atoms with van der Waals surface area (Å²) in [5.41, 5.74) is 1.25. The van der Waals surface area contributed by atoms with E-state index >= 15 is 0 Å². The van der Waals surface area contributed by atoms with Gasteiger partial charge in [0.15, 0.2) is 0 Å². The molecule has 0 fully saturated rings. The zero-order chi connectivity index (χ0) is 16.6. The van der Waals surface area contributed by atoms with Gasteiger partial charge in [0.05, 0.1) is 13.2 Å². The van der Waals surface area contributed by atoms with Crippen molar-refractivity contribution < 1.29 is 9.47 Å².